The quantitative estimate of drug-likeness (QED) is 0.747. The van der Waals surface area contributed by atoms with Crippen molar-refractivity contribution in [2.45, 2.75) is 13.0 Å². The predicted molar refractivity (Wildman–Crippen MR) is 96.5 cm³/mol. The van der Waals surface area contributed by atoms with Gasteiger partial charge in [0.05, 0.1) is 23.8 Å². The van der Waals surface area contributed by atoms with Crippen molar-refractivity contribution < 1.29 is 14.3 Å². The van der Waals surface area contributed by atoms with Gasteiger partial charge >= 0.3 is 0 Å². The number of hydrogen-bond acceptors (Lipinski definition) is 3. The first-order valence-electron chi connectivity index (χ1n) is 8.15. The van der Waals surface area contributed by atoms with E-state index in [2.05, 4.69) is 10.3 Å². The highest BCUT2D eigenvalue weighted by atomic mass is 35.5. The van der Waals surface area contributed by atoms with Crippen LogP contribution in [-0.2, 0) is 6.54 Å². The number of benzene rings is 2. The Hall–Kier alpha value is -2.66. The number of amides is 1. The molecule has 0 atom stereocenters. The molecule has 0 saturated heterocycles. The zero-order valence-electron chi connectivity index (χ0n) is 13.5. The van der Waals surface area contributed by atoms with E-state index < -0.39 is 0 Å². The number of aromatic nitrogens is 1. The highest BCUT2D eigenvalue weighted by Crippen LogP contribution is 2.38. The van der Waals surface area contributed by atoms with E-state index in [1.54, 1.807) is 12.3 Å². The van der Waals surface area contributed by atoms with Gasteiger partial charge in [-0.1, -0.05) is 29.8 Å². The lowest BCUT2D eigenvalue weighted by atomic mass is 10.1. The van der Waals surface area contributed by atoms with Crippen molar-refractivity contribution in [3.05, 3.63) is 58.7 Å². The average molecular weight is 357 g/mol. The molecule has 0 saturated carbocycles. The highest BCUT2D eigenvalue weighted by molar-refractivity contribution is 6.32. The average Bonchev–Trinajstić information content (AvgIpc) is 2.90. The largest absolute Gasteiger partial charge is 0.489 e. The van der Waals surface area contributed by atoms with E-state index in [-0.39, 0.29) is 5.91 Å². The van der Waals surface area contributed by atoms with Gasteiger partial charge in [0, 0.05) is 30.1 Å². The predicted octanol–water partition coefficient (Wildman–Crippen LogP) is 3.91. The molecular weight excluding hydrogens is 340 g/mol. The van der Waals surface area contributed by atoms with Crippen LogP contribution in [0.3, 0.4) is 0 Å². The number of nitrogens with one attached hydrogen (secondary N) is 2. The Morgan fingerprint density at radius 2 is 2.04 bits per heavy atom. The van der Waals surface area contributed by atoms with Gasteiger partial charge in [0.1, 0.15) is 0 Å². The molecule has 0 fully saturated rings. The molecular formula is C19H17ClN2O3. The van der Waals surface area contributed by atoms with Crippen LogP contribution in [0.1, 0.15) is 22.3 Å². The first-order chi connectivity index (χ1) is 12.2. The van der Waals surface area contributed by atoms with Crippen LogP contribution in [0.15, 0.2) is 42.6 Å². The van der Waals surface area contributed by atoms with Crippen molar-refractivity contribution in [2.24, 2.45) is 0 Å². The van der Waals surface area contributed by atoms with Crippen molar-refractivity contribution in [3.8, 4) is 11.5 Å². The summed E-state index contributed by atoms with van der Waals surface area (Å²) in [6.45, 7) is 1.53. The Bertz CT molecular complexity index is 936. The van der Waals surface area contributed by atoms with Crippen molar-refractivity contribution in [3.63, 3.8) is 0 Å². The van der Waals surface area contributed by atoms with E-state index in [9.17, 15) is 4.79 Å². The van der Waals surface area contributed by atoms with Gasteiger partial charge in [0.25, 0.3) is 5.91 Å². The second-order valence-electron chi connectivity index (χ2n) is 5.89. The third kappa shape index (κ3) is 3.15. The van der Waals surface area contributed by atoms with Crippen molar-refractivity contribution in [1.29, 1.82) is 0 Å². The zero-order chi connectivity index (χ0) is 17.2. The molecule has 0 radical (unpaired) electrons. The normalized spacial score (nSPS) is 13.5. The number of carbonyl (C=O) groups is 1. The lowest BCUT2D eigenvalue weighted by Gasteiger charge is -2.12. The zero-order valence-corrected chi connectivity index (χ0v) is 14.2. The molecule has 0 unspecified atom stereocenters. The molecule has 128 valence electrons. The van der Waals surface area contributed by atoms with E-state index >= 15 is 0 Å². The number of H-pyrrole nitrogens is 1. The van der Waals surface area contributed by atoms with E-state index in [0.29, 0.717) is 41.8 Å². The fourth-order valence-corrected chi connectivity index (χ4v) is 3.21. The minimum Gasteiger partial charge on any atom is -0.489 e. The molecule has 25 heavy (non-hydrogen) atoms. The highest BCUT2D eigenvalue weighted by Gasteiger charge is 2.16. The summed E-state index contributed by atoms with van der Waals surface area (Å²) < 4.78 is 11.3. The van der Waals surface area contributed by atoms with E-state index in [4.69, 9.17) is 21.1 Å². The summed E-state index contributed by atoms with van der Waals surface area (Å²) in [4.78, 5) is 15.6. The summed E-state index contributed by atoms with van der Waals surface area (Å²) in [6, 6.07) is 11.4. The number of rotatable bonds is 3. The minimum atomic E-state index is -0.138. The topological polar surface area (TPSA) is 63.4 Å². The van der Waals surface area contributed by atoms with Crippen molar-refractivity contribution in [1.82, 2.24) is 10.3 Å². The van der Waals surface area contributed by atoms with Gasteiger partial charge in [-0.05, 0) is 23.8 Å². The van der Waals surface area contributed by atoms with Crippen molar-refractivity contribution >= 4 is 28.4 Å². The van der Waals surface area contributed by atoms with Crippen molar-refractivity contribution in [2.75, 3.05) is 13.2 Å². The number of carbonyl (C=O) groups excluding carboxylic acids is 1. The molecule has 1 aromatic heterocycles. The third-order valence-electron chi connectivity index (χ3n) is 4.15. The van der Waals surface area contributed by atoms with Crippen LogP contribution in [0, 0.1) is 0 Å². The second kappa shape index (κ2) is 6.69. The Labute approximate surface area is 149 Å². The fraction of sp³-hybridized carbons (Fsp3) is 0.211. The number of halogens is 1. The molecule has 2 N–H and O–H groups in total. The molecule has 1 aliphatic rings. The van der Waals surface area contributed by atoms with Gasteiger partial charge in [0.15, 0.2) is 11.5 Å². The standard InChI is InChI=1S/C19H17ClN2O3/c20-15-8-12(9-17-18(15)25-7-3-6-24-17)10-22-19(23)14-11-21-16-5-2-1-4-13(14)16/h1-2,4-5,8-9,11,21H,3,6-7,10H2,(H,22,23). The van der Waals surface area contributed by atoms with Crippen LogP contribution >= 0.6 is 11.6 Å². The third-order valence-corrected chi connectivity index (χ3v) is 4.43. The summed E-state index contributed by atoms with van der Waals surface area (Å²) in [7, 11) is 0. The molecule has 4 rings (SSSR count). The molecule has 0 bridgehead atoms. The molecule has 3 aromatic rings. The Balaban J connectivity index is 1.52. The maximum absolute atomic E-state index is 12.5. The van der Waals surface area contributed by atoms with E-state index in [0.717, 1.165) is 22.9 Å². The summed E-state index contributed by atoms with van der Waals surface area (Å²) in [5.41, 5.74) is 2.42. The van der Waals surface area contributed by atoms with Gasteiger partial charge in [-0.2, -0.15) is 0 Å². The smallest absolute Gasteiger partial charge is 0.253 e. The van der Waals surface area contributed by atoms with E-state index in [1.165, 1.54) is 0 Å². The fourth-order valence-electron chi connectivity index (χ4n) is 2.92. The molecule has 2 heterocycles. The first-order valence-corrected chi connectivity index (χ1v) is 8.52. The summed E-state index contributed by atoms with van der Waals surface area (Å²) in [5, 5.41) is 4.32. The Morgan fingerprint density at radius 3 is 2.96 bits per heavy atom. The number of fused-ring (bicyclic) bond motifs is 2. The van der Waals surface area contributed by atoms with Crippen LogP contribution in [-0.4, -0.2) is 24.1 Å². The van der Waals surface area contributed by atoms with Gasteiger partial charge in [-0.15, -0.1) is 0 Å². The van der Waals surface area contributed by atoms with Crippen LogP contribution in [0.4, 0.5) is 0 Å². The number of hydrogen-bond donors (Lipinski definition) is 2. The molecule has 2 aromatic carbocycles. The Kier molecular flexibility index (Phi) is 4.24. The van der Waals surface area contributed by atoms with Crippen LogP contribution < -0.4 is 14.8 Å². The maximum atomic E-state index is 12.5. The Morgan fingerprint density at radius 1 is 1.20 bits per heavy atom. The van der Waals surface area contributed by atoms with Gasteiger partial charge < -0.3 is 19.8 Å². The van der Waals surface area contributed by atoms with Crippen LogP contribution in [0.2, 0.25) is 5.02 Å². The van der Waals surface area contributed by atoms with Crippen LogP contribution in [0.25, 0.3) is 10.9 Å². The summed E-state index contributed by atoms with van der Waals surface area (Å²) >= 11 is 6.29. The minimum absolute atomic E-state index is 0.138. The maximum Gasteiger partial charge on any atom is 0.253 e. The number of ether oxygens (including phenoxy) is 2. The summed E-state index contributed by atoms with van der Waals surface area (Å²) in [6.07, 6.45) is 2.54. The molecule has 1 amide bonds. The molecule has 5 nitrogen and oxygen atoms in total. The second-order valence-corrected chi connectivity index (χ2v) is 6.29. The van der Waals surface area contributed by atoms with Gasteiger partial charge in [0.2, 0.25) is 0 Å². The van der Waals surface area contributed by atoms with Gasteiger partial charge in [-0.3, -0.25) is 4.79 Å². The lowest BCUT2D eigenvalue weighted by molar-refractivity contribution is 0.0952. The molecule has 0 spiro atoms. The number of para-hydroxylation sites is 1. The SMILES string of the molecule is O=C(NCc1cc(Cl)c2c(c1)OCCCO2)c1c[nH]c2ccccc12. The first kappa shape index (κ1) is 15.8. The number of aromatic amines is 1. The molecule has 0 aliphatic carbocycles. The van der Waals surface area contributed by atoms with Gasteiger partial charge in [-0.25, -0.2) is 0 Å². The van der Waals surface area contributed by atoms with E-state index in [1.807, 2.05) is 30.3 Å². The molecule has 1 aliphatic heterocycles. The van der Waals surface area contributed by atoms with Crippen LogP contribution in [0.5, 0.6) is 11.5 Å². The monoisotopic (exact) mass is 356 g/mol. The lowest BCUT2D eigenvalue weighted by Crippen LogP contribution is -2.22. The summed E-state index contributed by atoms with van der Waals surface area (Å²) in [5.74, 6) is 1.06. The molecule has 6 heteroatoms.